The number of esters is 1. The molecule has 1 aliphatic carbocycles. The van der Waals surface area contributed by atoms with E-state index in [-0.39, 0.29) is 17.8 Å². The van der Waals surface area contributed by atoms with Gasteiger partial charge >= 0.3 is 18.4 Å². The molecule has 1 aromatic heterocycles. The first-order chi connectivity index (χ1) is 18.3. The van der Waals surface area contributed by atoms with Crippen molar-refractivity contribution < 1.29 is 37.0 Å². The number of rotatable bonds is 5. The molecule has 1 saturated carbocycles. The number of nitrogens with zero attached hydrogens (tertiary/aromatic N) is 1. The summed E-state index contributed by atoms with van der Waals surface area (Å²) in [5.41, 5.74) is 2.05. The van der Waals surface area contributed by atoms with Crippen molar-refractivity contribution in [3.63, 3.8) is 0 Å². The lowest BCUT2D eigenvalue weighted by Gasteiger charge is -2.22. The zero-order valence-corrected chi connectivity index (χ0v) is 23.0. The third-order valence-electron chi connectivity index (χ3n) is 6.17. The molecule has 2 aromatic carbocycles. The zero-order chi connectivity index (χ0) is 29.0. The Morgan fingerprint density at radius 3 is 2.26 bits per heavy atom. The number of hydrogen-bond donors (Lipinski definition) is 1. The lowest BCUT2D eigenvalue weighted by molar-refractivity contribution is -0.274. The Balaban J connectivity index is 0.00000205. The van der Waals surface area contributed by atoms with Gasteiger partial charge in [-0.15, -0.1) is 13.2 Å². The number of benzene rings is 2. The Morgan fingerprint density at radius 2 is 1.67 bits per heavy atom. The van der Waals surface area contributed by atoms with Crippen molar-refractivity contribution in [2.24, 2.45) is 0 Å². The molecule has 39 heavy (non-hydrogen) atoms. The van der Waals surface area contributed by atoms with Gasteiger partial charge in [0.25, 0.3) is 0 Å². The lowest BCUT2D eigenvalue weighted by atomic mass is 10.0. The fourth-order valence-corrected chi connectivity index (χ4v) is 4.68. The molecule has 0 aliphatic heterocycles. The summed E-state index contributed by atoms with van der Waals surface area (Å²) >= 11 is 0. The number of hydrogen-bond acceptors (Lipinski definition) is 5. The topological polar surface area (TPSA) is 78.8 Å². The maximum absolute atomic E-state index is 12.6. The van der Waals surface area contributed by atoms with Gasteiger partial charge in [-0.2, -0.15) is 0 Å². The second-order valence-electron chi connectivity index (χ2n) is 10.1. The molecule has 2 atom stereocenters. The normalized spacial score (nSPS) is 17.3. The van der Waals surface area contributed by atoms with E-state index in [2.05, 4.69) is 14.6 Å². The lowest BCUT2D eigenvalue weighted by Crippen LogP contribution is -2.38. The minimum absolute atomic E-state index is 0.0612. The number of halogens is 3. The Hall–Kier alpha value is -3.69. The van der Waals surface area contributed by atoms with Gasteiger partial charge in [0.1, 0.15) is 11.4 Å². The molecule has 1 heterocycles. The van der Waals surface area contributed by atoms with Crippen molar-refractivity contribution in [2.45, 2.75) is 77.9 Å². The van der Waals surface area contributed by atoms with Crippen molar-refractivity contribution in [2.75, 3.05) is 7.11 Å². The molecule has 7 nitrogen and oxygen atoms in total. The van der Waals surface area contributed by atoms with Gasteiger partial charge in [0.2, 0.25) is 0 Å². The smallest absolute Gasteiger partial charge is 0.465 e. The Labute approximate surface area is 226 Å². The summed E-state index contributed by atoms with van der Waals surface area (Å²) in [5, 5.41) is 3.70. The maximum atomic E-state index is 12.6. The highest BCUT2D eigenvalue weighted by molar-refractivity contribution is 6.01. The fraction of sp³-hybridized carbons (Fsp3) is 0.448. The number of aromatic nitrogens is 1. The van der Waals surface area contributed by atoms with Crippen LogP contribution in [0.4, 0.5) is 18.0 Å². The first-order valence-electron chi connectivity index (χ1n) is 12.9. The van der Waals surface area contributed by atoms with Crippen LogP contribution in [0, 0.1) is 0 Å². The molecule has 10 heteroatoms. The third-order valence-corrected chi connectivity index (χ3v) is 6.17. The van der Waals surface area contributed by atoms with E-state index in [4.69, 9.17) is 9.47 Å². The van der Waals surface area contributed by atoms with Crippen LogP contribution in [0.5, 0.6) is 5.75 Å². The molecule has 0 saturated heterocycles. The van der Waals surface area contributed by atoms with E-state index in [1.807, 2.05) is 46.9 Å². The zero-order valence-electron chi connectivity index (χ0n) is 23.0. The SMILES string of the molecule is CC.COC(=O)c1ccc2c(c1)c(-c1ccc(OC(F)(F)F)cc1)cn2C1CCC(NC(=O)OC(C)(C)C)C1. The molecule has 1 fully saturated rings. The van der Waals surface area contributed by atoms with Gasteiger partial charge in [0, 0.05) is 34.7 Å². The van der Waals surface area contributed by atoms with E-state index in [0.29, 0.717) is 17.5 Å². The predicted molar refractivity (Wildman–Crippen MR) is 143 cm³/mol. The van der Waals surface area contributed by atoms with Crippen LogP contribution >= 0.6 is 0 Å². The Kier molecular flexibility index (Phi) is 9.19. The van der Waals surface area contributed by atoms with E-state index < -0.39 is 24.0 Å². The molecule has 0 spiro atoms. The number of carbonyl (C=O) groups excluding carboxylic acids is 2. The molecular weight excluding hydrogens is 513 g/mol. The molecule has 212 valence electrons. The second kappa shape index (κ2) is 12.0. The van der Waals surface area contributed by atoms with Gasteiger partial charge < -0.3 is 24.1 Å². The molecular formula is C29H35F3N2O5. The van der Waals surface area contributed by atoms with Gasteiger partial charge in [-0.3, -0.25) is 0 Å². The molecule has 0 bridgehead atoms. The average molecular weight is 549 g/mol. The van der Waals surface area contributed by atoms with Gasteiger partial charge in [-0.25, -0.2) is 9.59 Å². The molecule has 3 aromatic rings. The number of fused-ring (bicyclic) bond motifs is 1. The first kappa shape index (κ1) is 29.9. The van der Waals surface area contributed by atoms with E-state index in [9.17, 15) is 22.8 Å². The van der Waals surface area contributed by atoms with E-state index in [1.54, 1.807) is 24.3 Å². The molecule has 4 rings (SSSR count). The number of carbonyl (C=O) groups is 2. The van der Waals surface area contributed by atoms with Gasteiger partial charge in [-0.1, -0.05) is 26.0 Å². The summed E-state index contributed by atoms with van der Waals surface area (Å²) in [6.07, 6.45) is -1.05. The summed E-state index contributed by atoms with van der Waals surface area (Å²) in [7, 11) is 1.30. The van der Waals surface area contributed by atoms with Crippen LogP contribution in [0.25, 0.3) is 22.0 Å². The van der Waals surface area contributed by atoms with E-state index in [0.717, 1.165) is 29.3 Å². The van der Waals surface area contributed by atoms with Crippen molar-refractivity contribution in [1.29, 1.82) is 0 Å². The number of alkyl halides is 3. The van der Waals surface area contributed by atoms with Gasteiger partial charge in [0.15, 0.2) is 0 Å². The Morgan fingerprint density at radius 1 is 1.00 bits per heavy atom. The average Bonchev–Trinajstić information content (AvgIpc) is 3.47. The highest BCUT2D eigenvalue weighted by Crippen LogP contribution is 2.39. The van der Waals surface area contributed by atoms with Crippen LogP contribution in [0.15, 0.2) is 48.7 Å². The highest BCUT2D eigenvalue weighted by atomic mass is 19.4. The molecule has 2 unspecified atom stereocenters. The van der Waals surface area contributed by atoms with Crippen LogP contribution < -0.4 is 10.1 Å². The summed E-state index contributed by atoms with van der Waals surface area (Å²) in [5.74, 6) is -0.806. The van der Waals surface area contributed by atoms with Crippen LogP contribution in [-0.4, -0.2) is 41.7 Å². The largest absolute Gasteiger partial charge is 0.573 e. The molecule has 1 amide bonds. The number of methoxy groups -OCH3 is 1. The van der Waals surface area contributed by atoms with Crippen molar-refractivity contribution >= 4 is 23.0 Å². The van der Waals surface area contributed by atoms with Crippen molar-refractivity contribution in [3.8, 4) is 16.9 Å². The maximum Gasteiger partial charge on any atom is 0.573 e. The predicted octanol–water partition coefficient (Wildman–Crippen LogP) is 7.64. The summed E-state index contributed by atoms with van der Waals surface area (Å²) < 4.78 is 54.1. The minimum atomic E-state index is -4.78. The number of alkyl carbamates (subject to hydrolysis) is 1. The van der Waals surface area contributed by atoms with Crippen LogP contribution in [0.1, 0.15) is 70.3 Å². The fourth-order valence-electron chi connectivity index (χ4n) is 4.68. The van der Waals surface area contributed by atoms with Gasteiger partial charge in [-0.05, 0) is 75.9 Å². The third kappa shape index (κ3) is 7.68. The van der Waals surface area contributed by atoms with Crippen molar-refractivity contribution in [1.82, 2.24) is 9.88 Å². The number of ether oxygens (including phenoxy) is 3. The number of amides is 1. The quantitative estimate of drug-likeness (QED) is 0.332. The van der Waals surface area contributed by atoms with E-state index >= 15 is 0 Å². The summed E-state index contributed by atoms with van der Waals surface area (Å²) in [4.78, 5) is 24.4. The summed E-state index contributed by atoms with van der Waals surface area (Å²) in [6.45, 7) is 9.42. The minimum Gasteiger partial charge on any atom is -0.465 e. The number of nitrogens with one attached hydrogen (secondary N) is 1. The molecule has 0 radical (unpaired) electrons. The summed E-state index contributed by atoms with van der Waals surface area (Å²) in [6, 6.07) is 10.8. The van der Waals surface area contributed by atoms with Crippen LogP contribution in [-0.2, 0) is 9.47 Å². The second-order valence-corrected chi connectivity index (χ2v) is 10.1. The molecule has 1 N–H and O–H groups in total. The van der Waals surface area contributed by atoms with Crippen LogP contribution in [0.2, 0.25) is 0 Å². The monoisotopic (exact) mass is 548 g/mol. The Bertz CT molecular complexity index is 1290. The molecule has 1 aliphatic rings. The standard InChI is InChI=1S/C27H29F3N2O5.C2H6/c1-26(2,3)37-25(34)31-18-8-9-19(14-18)32-15-22(16-5-10-20(11-6-16)36-27(28,29)30)21-13-17(24(33)35-4)7-12-23(21)32;1-2/h5-7,10-13,15,18-19H,8-9,14H2,1-4H3,(H,31,34);1-2H3. The van der Waals surface area contributed by atoms with Gasteiger partial charge in [0.05, 0.1) is 12.7 Å². The first-order valence-corrected chi connectivity index (χ1v) is 12.9. The highest BCUT2D eigenvalue weighted by Gasteiger charge is 2.32. The van der Waals surface area contributed by atoms with Crippen molar-refractivity contribution in [3.05, 3.63) is 54.2 Å². The van der Waals surface area contributed by atoms with E-state index in [1.165, 1.54) is 19.2 Å². The van der Waals surface area contributed by atoms with Crippen LogP contribution in [0.3, 0.4) is 0 Å².